The number of nitrogens with one attached hydrogen (secondary N) is 1. The molecule has 1 aliphatic rings. The first-order valence-electron chi connectivity index (χ1n) is 13.0. The van der Waals surface area contributed by atoms with Crippen molar-refractivity contribution in [3.63, 3.8) is 0 Å². The Labute approximate surface area is 224 Å². The van der Waals surface area contributed by atoms with E-state index >= 15 is 0 Å². The first-order chi connectivity index (χ1) is 17.9. The molecule has 37 heavy (non-hydrogen) atoms. The fourth-order valence-corrected chi connectivity index (χ4v) is 5.01. The lowest BCUT2D eigenvalue weighted by Crippen LogP contribution is -2.47. The van der Waals surface area contributed by atoms with Crippen molar-refractivity contribution in [2.24, 2.45) is 0 Å². The zero-order chi connectivity index (χ0) is 26.4. The summed E-state index contributed by atoms with van der Waals surface area (Å²) in [5.74, 6) is 0.447. The van der Waals surface area contributed by atoms with Crippen molar-refractivity contribution in [2.45, 2.75) is 64.0 Å². The maximum Gasteiger partial charge on any atom is 0.259 e. The third-order valence-corrected chi connectivity index (χ3v) is 7.27. The number of rotatable bonds is 8. The average molecular weight is 519 g/mol. The van der Waals surface area contributed by atoms with Gasteiger partial charge in [-0.15, -0.1) is 0 Å². The molecule has 5 nitrogen and oxygen atoms in total. The van der Waals surface area contributed by atoms with Crippen LogP contribution in [0.4, 0.5) is 5.69 Å². The second-order valence-electron chi connectivity index (χ2n) is 9.95. The predicted molar refractivity (Wildman–Crippen MR) is 150 cm³/mol. The van der Waals surface area contributed by atoms with Gasteiger partial charge in [0.15, 0.2) is 0 Å². The van der Waals surface area contributed by atoms with E-state index in [0.29, 0.717) is 33.5 Å². The smallest absolute Gasteiger partial charge is 0.259 e. The Morgan fingerprint density at radius 1 is 0.919 bits per heavy atom. The lowest BCUT2D eigenvalue weighted by Gasteiger charge is -2.34. The molecule has 1 fully saturated rings. The summed E-state index contributed by atoms with van der Waals surface area (Å²) in [5, 5.41) is 3.82. The van der Waals surface area contributed by atoms with E-state index in [-0.39, 0.29) is 17.9 Å². The van der Waals surface area contributed by atoms with Gasteiger partial charge < -0.3 is 10.1 Å². The first kappa shape index (κ1) is 26.7. The molecule has 1 saturated carbocycles. The minimum atomic E-state index is -0.872. The number of benzene rings is 3. The van der Waals surface area contributed by atoms with Crippen molar-refractivity contribution in [2.75, 3.05) is 12.0 Å². The summed E-state index contributed by atoms with van der Waals surface area (Å²) < 4.78 is 5.37. The maximum absolute atomic E-state index is 14.2. The average Bonchev–Trinajstić information content (AvgIpc) is 2.92. The van der Waals surface area contributed by atoms with Crippen LogP contribution in [0, 0.1) is 0 Å². The van der Waals surface area contributed by atoms with Crippen molar-refractivity contribution in [1.29, 1.82) is 0 Å². The van der Waals surface area contributed by atoms with E-state index in [1.165, 1.54) is 6.42 Å². The van der Waals surface area contributed by atoms with Gasteiger partial charge in [0.25, 0.3) is 5.91 Å². The van der Waals surface area contributed by atoms with E-state index in [0.717, 1.165) is 31.2 Å². The molecular weight excluding hydrogens is 484 g/mol. The van der Waals surface area contributed by atoms with Gasteiger partial charge in [0, 0.05) is 22.3 Å². The van der Waals surface area contributed by atoms with Gasteiger partial charge in [-0.3, -0.25) is 14.5 Å². The number of ether oxygens (including phenoxy) is 1. The summed E-state index contributed by atoms with van der Waals surface area (Å²) in [4.78, 5) is 29.8. The van der Waals surface area contributed by atoms with Gasteiger partial charge in [-0.1, -0.05) is 75.0 Å². The lowest BCUT2D eigenvalue weighted by atomic mass is 9.94. The quantitative estimate of drug-likeness (QED) is 0.340. The molecule has 3 aromatic carbocycles. The number of carbonyl (C=O) groups excluding carboxylic acids is 2. The van der Waals surface area contributed by atoms with Crippen molar-refractivity contribution in [1.82, 2.24) is 5.32 Å². The number of anilines is 1. The molecule has 1 aliphatic carbocycles. The Hall–Kier alpha value is -3.31. The predicted octanol–water partition coefficient (Wildman–Crippen LogP) is 7.31. The fraction of sp³-hybridized carbons (Fsp3) is 0.355. The molecule has 0 bridgehead atoms. The summed E-state index contributed by atoms with van der Waals surface area (Å²) in [6.45, 7) is 4.25. The molecule has 3 aromatic rings. The number of methoxy groups -OCH3 is 1. The van der Waals surface area contributed by atoms with Crippen molar-refractivity contribution >= 4 is 29.1 Å². The van der Waals surface area contributed by atoms with E-state index in [1.807, 2.05) is 36.4 Å². The lowest BCUT2D eigenvalue weighted by molar-refractivity contribution is -0.123. The number of amides is 2. The molecule has 0 aromatic heterocycles. The molecule has 2 amide bonds. The molecule has 1 unspecified atom stereocenters. The van der Waals surface area contributed by atoms with Crippen molar-refractivity contribution in [3.8, 4) is 5.75 Å². The molecule has 4 rings (SSSR count). The van der Waals surface area contributed by atoms with Crippen LogP contribution in [0.25, 0.3) is 0 Å². The van der Waals surface area contributed by atoms with Gasteiger partial charge in [-0.25, -0.2) is 0 Å². The van der Waals surface area contributed by atoms with Gasteiger partial charge >= 0.3 is 0 Å². The molecule has 1 atom stereocenters. The third kappa shape index (κ3) is 6.53. The zero-order valence-electron chi connectivity index (χ0n) is 21.7. The molecule has 0 saturated heterocycles. The van der Waals surface area contributed by atoms with Gasteiger partial charge in [0.2, 0.25) is 5.91 Å². The number of carbonyl (C=O) groups is 2. The van der Waals surface area contributed by atoms with Crippen LogP contribution in [0.1, 0.15) is 79.4 Å². The molecule has 1 N–H and O–H groups in total. The molecule has 194 valence electrons. The Kier molecular flexibility index (Phi) is 8.88. The van der Waals surface area contributed by atoms with Gasteiger partial charge in [0.05, 0.1) is 7.11 Å². The molecule has 0 radical (unpaired) electrons. The SMILES string of the molecule is COc1cccc(C(=O)N(c2ccc(C(C)C)cc2)C(C(=O)NC2CCCCC2)c2ccc(Cl)cc2)c1. The largest absolute Gasteiger partial charge is 0.497 e. The molecular formula is C31H35ClN2O3. The van der Waals surface area contributed by atoms with E-state index in [1.54, 1.807) is 48.4 Å². The number of nitrogens with zero attached hydrogens (tertiary/aromatic N) is 1. The van der Waals surface area contributed by atoms with Gasteiger partial charge in [0.1, 0.15) is 11.8 Å². The second-order valence-corrected chi connectivity index (χ2v) is 10.4. The van der Waals surface area contributed by atoms with E-state index < -0.39 is 6.04 Å². The maximum atomic E-state index is 14.2. The van der Waals surface area contributed by atoms with Crippen LogP contribution >= 0.6 is 11.6 Å². The second kappa shape index (κ2) is 12.3. The Morgan fingerprint density at radius 2 is 1.57 bits per heavy atom. The third-order valence-electron chi connectivity index (χ3n) is 7.02. The first-order valence-corrected chi connectivity index (χ1v) is 13.4. The number of hydrogen-bond acceptors (Lipinski definition) is 3. The summed E-state index contributed by atoms with van der Waals surface area (Å²) >= 11 is 6.19. The summed E-state index contributed by atoms with van der Waals surface area (Å²) in [7, 11) is 1.57. The fourth-order valence-electron chi connectivity index (χ4n) is 4.89. The van der Waals surface area contributed by atoms with Crippen LogP contribution in [-0.4, -0.2) is 25.0 Å². The van der Waals surface area contributed by atoms with Crippen molar-refractivity contribution in [3.05, 3.63) is 94.5 Å². The van der Waals surface area contributed by atoms with Crippen molar-refractivity contribution < 1.29 is 14.3 Å². The van der Waals surface area contributed by atoms with Gasteiger partial charge in [-0.2, -0.15) is 0 Å². The normalized spacial score (nSPS) is 14.7. The van der Waals surface area contributed by atoms with Crippen LogP contribution in [-0.2, 0) is 4.79 Å². The van der Waals surface area contributed by atoms with Crippen LogP contribution < -0.4 is 15.0 Å². The van der Waals surface area contributed by atoms with E-state index in [2.05, 4.69) is 19.2 Å². The molecule has 0 aliphatic heterocycles. The summed E-state index contributed by atoms with van der Waals surface area (Å²) in [5.41, 5.74) is 2.95. The Morgan fingerprint density at radius 3 is 2.19 bits per heavy atom. The topological polar surface area (TPSA) is 58.6 Å². The highest BCUT2D eigenvalue weighted by molar-refractivity contribution is 6.30. The van der Waals surface area contributed by atoms with Crippen LogP contribution in [0.3, 0.4) is 0 Å². The van der Waals surface area contributed by atoms with E-state index in [4.69, 9.17) is 16.3 Å². The van der Waals surface area contributed by atoms with Crippen LogP contribution in [0.2, 0.25) is 5.02 Å². The zero-order valence-corrected chi connectivity index (χ0v) is 22.5. The highest BCUT2D eigenvalue weighted by Gasteiger charge is 2.35. The highest BCUT2D eigenvalue weighted by Crippen LogP contribution is 2.33. The van der Waals surface area contributed by atoms with Crippen LogP contribution in [0.5, 0.6) is 5.75 Å². The highest BCUT2D eigenvalue weighted by atomic mass is 35.5. The standard InChI is InChI=1S/C31H35ClN2O3/c1-21(2)22-14-18-27(19-15-22)34(31(36)24-8-7-11-28(20-24)37-3)29(23-12-16-25(32)17-13-23)30(35)33-26-9-5-4-6-10-26/h7-8,11-21,26,29H,4-6,9-10H2,1-3H3,(H,33,35). The Balaban J connectivity index is 1.81. The minimum absolute atomic E-state index is 0.105. The Bertz CT molecular complexity index is 1200. The van der Waals surface area contributed by atoms with Gasteiger partial charge in [-0.05, 0) is 72.4 Å². The molecule has 6 heteroatoms. The molecule has 0 spiro atoms. The summed E-state index contributed by atoms with van der Waals surface area (Å²) in [6, 6.07) is 21.3. The monoisotopic (exact) mass is 518 g/mol. The number of halogens is 1. The van der Waals surface area contributed by atoms with Crippen LogP contribution in [0.15, 0.2) is 72.8 Å². The number of hydrogen-bond donors (Lipinski definition) is 1. The summed E-state index contributed by atoms with van der Waals surface area (Å²) in [6.07, 6.45) is 5.28. The molecule has 0 heterocycles. The minimum Gasteiger partial charge on any atom is -0.497 e. The van der Waals surface area contributed by atoms with E-state index in [9.17, 15) is 9.59 Å².